The first-order valence-electron chi connectivity index (χ1n) is 6.89. The van der Waals surface area contributed by atoms with Crippen molar-refractivity contribution in [3.05, 3.63) is 58.1 Å². The summed E-state index contributed by atoms with van der Waals surface area (Å²) in [6, 6.07) is 12.0. The van der Waals surface area contributed by atoms with Gasteiger partial charge in [0.15, 0.2) is 0 Å². The quantitative estimate of drug-likeness (QED) is 0.889. The Bertz CT molecular complexity index is 744. The maximum absolute atomic E-state index is 12.4. The van der Waals surface area contributed by atoms with Crippen LogP contribution in [0.3, 0.4) is 0 Å². The summed E-state index contributed by atoms with van der Waals surface area (Å²) in [4.78, 5) is 26.1. The Kier molecular flexibility index (Phi) is 5.39. The molecule has 0 aromatic heterocycles. The second-order valence-corrected chi connectivity index (χ2v) is 5.90. The van der Waals surface area contributed by atoms with Gasteiger partial charge >= 0.3 is 0 Å². The molecular formula is C17H17BrN2O3. The topological polar surface area (TPSA) is 58.6 Å². The number of nitrogens with zero attached hydrogens (tertiary/aromatic N) is 1. The van der Waals surface area contributed by atoms with Crippen LogP contribution in [-0.2, 0) is 0 Å². The third-order valence-corrected chi connectivity index (χ3v) is 3.85. The van der Waals surface area contributed by atoms with E-state index in [0.717, 1.165) is 0 Å². The summed E-state index contributed by atoms with van der Waals surface area (Å²) in [7, 11) is 4.89. The largest absolute Gasteiger partial charge is 0.496 e. The number of hydrogen-bond acceptors (Lipinski definition) is 3. The molecule has 0 bridgehead atoms. The van der Waals surface area contributed by atoms with Crippen LogP contribution in [0, 0.1) is 0 Å². The fourth-order valence-corrected chi connectivity index (χ4v) is 2.56. The highest BCUT2D eigenvalue weighted by Crippen LogP contribution is 2.26. The lowest BCUT2D eigenvalue weighted by Gasteiger charge is -2.15. The first-order valence-corrected chi connectivity index (χ1v) is 7.69. The van der Waals surface area contributed by atoms with E-state index in [0.29, 0.717) is 27.0 Å². The molecular weight excluding hydrogens is 360 g/mol. The monoisotopic (exact) mass is 376 g/mol. The lowest BCUT2D eigenvalue weighted by Crippen LogP contribution is -2.24. The molecule has 0 aliphatic rings. The van der Waals surface area contributed by atoms with Gasteiger partial charge in [-0.3, -0.25) is 9.59 Å². The van der Waals surface area contributed by atoms with Crippen molar-refractivity contribution in [1.29, 1.82) is 0 Å². The molecule has 2 amide bonds. The number of methoxy groups -OCH3 is 1. The number of carbonyl (C=O) groups excluding carboxylic acids is 2. The summed E-state index contributed by atoms with van der Waals surface area (Å²) in [5.41, 5.74) is 1.38. The van der Waals surface area contributed by atoms with Crippen molar-refractivity contribution in [2.24, 2.45) is 0 Å². The predicted octanol–water partition coefficient (Wildman–Crippen LogP) is 3.41. The lowest BCUT2D eigenvalue weighted by atomic mass is 10.1. The first kappa shape index (κ1) is 17.0. The molecule has 0 aliphatic carbocycles. The van der Waals surface area contributed by atoms with Crippen LogP contribution in [0.2, 0.25) is 0 Å². The predicted molar refractivity (Wildman–Crippen MR) is 93.1 cm³/mol. The normalized spacial score (nSPS) is 10.1. The minimum Gasteiger partial charge on any atom is -0.496 e. The number of amides is 2. The van der Waals surface area contributed by atoms with Crippen LogP contribution >= 0.6 is 15.9 Å². The van der Waals surface area contributed by atoms with Gasteiger partial charge in [0, 0.05) is 19.7 Å². The van der Waals surface area contributed by atoms with Crippen LogP contribution in [0.15, 0.2) is 46.9 Å². The minimum atomic E-state index is -0.299. The number of nitrogens with one attached hydrogen (secondary N) is 1. The molecule has 0 spiro atoms. The highest BCUT2D eigenvalue weighted by molar-refractivity contribution is 9.10. The van der Waals surface area contributed by atoms with Crippen molar-refractivity contribution >= 4 is 33.4 Å². The van der Waals surface area contributed by atoms with Gasteiger partial charge in [-0.15, -0.1) is 0 Å². The molecule has 6 heteroatoms. The van der Waals surface area contributed by atoms with Gasteiger partial charge < -0.3 is 15.0 Å². The van der Waals surface area contributed by atoms with Crippen molar-refractivity contribution in [1.82, 2.24) is 4.90 Å². The van der Waals surface area contributed by atoms with Gasteiger partial charge in [-0.2, -0.15) is 0 Å². The van der Waals surface area contributed by atoms with Crippen LogP contribution in [0.25, 0.3) is 0 Å². The second kappa shape index (κ2) is 7.28. The molecule has 2 aromatic carbocycles. The molecule has 0 aliphatic heterocycles. The molecule has 0 radical (unpaired) electrons. The number of ether oxygens (including phenoxy) is 1. The molecule has 1 N–H and O–H groups in total. The standard InChI is InChI=1S/C17H17BrN2O3/c1-20(2)17(22)12-6-4-5-7-14(12)19-16(21)11-8-9-15(23-3)13(18)10-11/h4-10H,1-3H3,(H,19,21). The molecule has 120 valence electrons. The van der Waals surface area contributed by atoms with Crippen LogP contribution in [-0.4, -0.2) is 37.9 Å². The van der Waals surface area contributed by atoms with Crippen LogP contribution in [0.5, 0.6) is 5.75 Å². The van der Waals surface area contributed by atoms with Gasteiger partial charge in [0.05, 0.1) is 22.8 Å². The molecule has 23 heavy (non-hydrogen) atoms. The van der Waals surface area contributed by atoms with Gasteiger partial charge in [-0.05, 0) is 46.3 Å². The maximum Gasteiger partial charge on any atom is 0.255 e. The summed E-state index contributed by atoms with van der Waals surface area (Å²) in [6.45, 7) is 0. The van der Waals surface area contributed by atoms with E-state index >= 15 is 0 Å². The fraction of sp³-hybridized carbons (Fsp3) is 0.176. The van der Waals surface area contributed by atoms with Gasteiger partial charge in [0.25, 0.3) is 11.8 Å². The molecule has 0 fully saturated rings. The zero-order valence-corrected chi connectivity index (χ0v) is 14.7. The van der Waals surface area contributed by atoms with E-state index in [1.165, 1.54) is 4.90 Å². The van der Waals surface area contributed by atoms with Crippen LogP contribution in [0.1, 0.15) is 20.7 Å². The van der Waals surface area contributed by atoms with Crippen molar-refractivity contribution in [2.75, 3.05) is 26.5 Å². The molecule has 0 unspecified atom stereocenters. The molecule has 0 heterocycles. The van der Waals surface area contributed by atoms with E-state index in [2.05, 4.69) is 21.2 Å². The van der Waals surface area contributed by atoms with E-state index < -0.39 is 0 Å². The number of para-hydroxylation sites is 1. The van der Waals surface area contributed by atoms with Crippen LogP contribution in [0.4, 0.5) is 5.69 Å². The maximum atomic E-state index is 12.4. The summed E-state index contributed by atoms with van der Waals surface area (Å²) in [5, 5.41) is 2.78. The molecule has 2 aromatic rings. The summed E-state index contributed by atoms with van der Waals surface area (Å²) in [5.74, 6) is 0.175. The molecule has 0 saturated carbocycles. The Morgan fingerprint density at radius 1 is 1.13 bits per heavy atom. The van der Waals surface area contributed by atoms with Crippen molar-refractivity contribution < 1.29 is 14.3 Å². The minimum absolute atomic E-state index is 0.170. The third kappa shape index (κ3) is 3.90. The van der Waals surface area contributed by atoms with E-state index in [1.54, 1.807) is 63.7 Å². The second-order valence-electron chi connectivity index (χ2n) is 5.05. The van der Waals surface area contributed by atoms with Gasteiger partial charge in [0.2, 0.25) is 0 Å². The zero-order valence-electron chi connectivity index (χ0n) is 13.1. The highest BCUT2D eigenvalue weighted by Gasteiger charge is 2.16. The Balaban J connectivity index is 2.27. The van der Waals surface area contributed by atoms with Crippen LogP contribution < -0.4 is 10.1 Å². The summed E-state index contributed by atoms with van der Waals surface area (Å²) < 4.78 is 5.83. The lowest BCUT2D eigenvalue weighted by molar-refractivity contribution is 0.0828. The van der Waals surface area contributed by atoms with E-state index in [9.17, 15) is 9.59 Å². The molecule has 2 rings (SSSR count). The fourth-order valence-electron chi connectivity index (χ4n) is 2.02. The van der Waals surface area contributed by atoms with Crippen molar-refractivity contribution in [3.63, 3.8) is 0 Å². The Morgan fingerprint density at radius 2 is 1.83 bits per heavy atom. The zero-order chi connectivity index (χ0) is 17.0. The SMILES string of the molecule is COc1ccc(C(=O)Nc2ccccc2C(=O)N(C)C)cc1Br. The average molecular weight is 377 g/mol. The summed E-state index contributed by atoms with van der Waals surface area (Å²) in [6.07, 6.45) is 0. The Morgan fingerprint density at radius 3 is 2.43 bits per heavy atom. The molecule has 5 nitrogen and oxygen atoms in total. The number of rotatable bonds is 4. The number of halogens is 1. The average Bonchev–Trinajstić information content (AvgIpc) is 2.54. The number of carbonyl (C=O) groups is 2. The highest BCUT2D eigenvalue weighted by atomic mass is 79.9. The molecule has 0 saturated heterocycles. The molecule has 0 atom stereocenters. The third-order valence-electron chi connectivity index (χ3n) is 3.23. The number of benzene rings is 2. The summed E-state index contributed by atoms with van der Waals surface area (Å²) >= 11 is 3.35. The van der Waals surface area contributed by atoms with E-state index in [4.69, 9.17) is 4.74 Å². The Labute approximate surface area is 143 Å². The van der Waals surface area contributed by atoms with Crippen molar-refractivity contribution in [2.45, 2.75) is 0 Å². The van der Waals surface area contributed by atoms with E-state index in [1.807, 2.05) is 0 Å². The van der Waals surface area contributed by atoms with Gasteiger partial charge in [-0.1, -0.05) is 12.1 Å². The first-order chi connectivity index (χ1) is 10.9. The smallest absolute Gasteiger partial charge is 0.255 e. The van der Waals surface area contributed by atoms with Gasteiger partial charge in [0.1, 0.15) is 5.75 Å². The Hall–Kier alpha value is -2.34. The number of anilines is 1. The van der Waals surface area contributed by atoms with Gasteiger partial charge in [-0.25, -0.2) is 0 Å². The number of hydrogen-bond donors (Lipinski definition) is 1. The van der Waals surface area contributed by atoms with Crippen molar-refractivity contribution in [3.8, 4) is 5.75 Å². The van der Waals surface area contributed by atoms with E-state index in [-0.39, 0.29) is 11.8 Å².